The fourth-order valence-electron chi connectivity index (χ4n) is 4.40. The Morgan fingerprint density at radius 2 is 1.74 bits per heavy atom. The molecule has 1 amide bonds. The quantitative estimate of drug-likeness (QED) is 0.348. The van der Waals surface area contributed by atoms with Crippen LogP contribution in [0.15, 0.2) is 65.1 Å². The molecule has 0 bridgehead atoms. The van der Waals surface area contributed by atoms with Gasteiger partial charge in [0.25, 0.3) is 0 Å². The molecule has 1 saturated heterocycles. The molecule has 1 fully saturated rings. The van der Waals surface area contributed by atoms with E-state index in [1.807, 2.05) is 36.4 Å². The van der Waals surface area contributed by atoms with Crippen LogP contribution in [0.3, 0.4) is 0 Å². The average molecular weight is 517 g/mol. The van der Waals surface area contributed by atoms with E-state index in [-0.39, 0.29) is 18.2 Å². The number of nitrogens with zero attached hydrogens (tertiary/aromatic N) is 1. The van der Waals surface area contributed by atoms with E-state index in [1.165, 1.54) is 4.31 Å². The van der Waals surface area contributed by atoms with Crippen molar-refractivity contribution in [1.29, 1.82) is 0 Å². The molecule has 0 saturated carbocycles. The molecule has 1 unspecified atom stereocenters. The Bertz CT molecular complexity index is 1480. The number of hydrogen-bond acceptors (Lipinski definition) is 4. The van der Waals surface area contributed by atoms with E-state index in [0.29, 0.717) is 46.3 Å². The largest absolute Gasteiger partial charge is 0.456 e. The zero-order valence-electron chi connectivity index (χ0n) is 18.1. The fourth-order valence-corrected chi connectivity index (χ4v) is 6.76. The lowest BCUT2D eigenvalue weighted by atomic mass is 9.98. The van der Waals surface area contributed by atoms with Gasteiger partial charge in [0.2, 0.25) is 15.9 Å². The highest BCUT2D eigenvalue weighted by atomic mass is 35.5. The van der Waals surface area contributed by atoms with E-state index in [2.05, 4.69) is 5.32 Å². The third kappa shape index (κ3) is 4.53. The van der Waals surface area contributed by atoms with Gasteiger partial charge >= 0.3 is 0 Å². The Morgan fingerprint density at radius 3 is 2.53 bits per heavy atom. The van der Waals surface area contributed by atoms with Gasteiger partial charge in [-0.05, 0) is 43.2 Å². The summed E-state index contributed by atoms with van der Waals surface area (Å²) in [5.41, 5.74) is 2.45. The minimum atomic E-state index is -3.69. The molecule has 2 heterocycles. The first-order chi connectivity index (χ1) is 16.3. The number of carbonyl (C=O) groups excluding carboxylic acids is 1. The van der Waals surface area contributed by atoms with E-state index >= 15 is 0 Å². The third-order valence-electron chi connectivity index (χ3n) is 6.18. The molecule has 176 valence electrons. The standard InChI is InChI=1S/C25H22Cl2N2O4S/c26-21-7-3-8-22(27)20(21)15-34(31,32)29-12-4-5-16(14-29)25(30)28-17-10-11-19-18-6-1-2-9-23(18)33-24(19)13-17/h1-3,6-11,13,16H,4-5,12,14-15H2,(H,28,30). The summed E-state index contributed by atoms with van der Waals surface area (Å²) in [6.07, 6.45) is 1.20. The lowest BCUT2D eigenvalue weighted by Gasteiger charge is -2.31. The molecule has 3 aromatic carbocycles. The first-order valence-electron chi connectivity index (χ1n) is 10.9. The highest BCUT2D eigenvalue weighted by Gasteiger charge is 2.33. The van der Waals surface area contributed by atoms with Crippen LogP contribution in [0.5, 0.6) is 0 Å². The summed E-state index contributed by atoms with van der Waals surface area (Å²) in [5.74, 6) is -0.981. The Kier molecular flexibility index (Phi) is 6.29. The Morgan fingerprint density at radius 1 is 1.00 bits per heavy atom. The van der Waals surface area contributed by atoms with Gasteiger partial charge in [-0.2, -0.15) is 0 Å². The molecular formula is C25H22Cl2N2O4S. The number of piperidine rings is 1. The summed E-state index contributed by atoms with van der Waals surface area (Å²) in [7, 11) is -3.69. The molecule has 1 aromatic heterocycles. The van der Waals surface area contributed by atoms with Crippen molar-refractivity contribution in [2.45, 2.75) is 18.6 Å². The minimum Gasteiger partial charge on any atom is -0.456 e. The highest BCUT2D eigenvalue weighted by molar-refractivity contribution is 7.88. The van der Waals surface area contributed by atoms with E-state index in [0.717, 1.165) is 16.4 Å². The van der Waals surface area contributed by atoms with E-state index in [9.17, 15) is 13.2 Å². The lowest BCUT2D eigenvalue weighted by Crippen LogP contribution is -2.44. The monoisotopic (exact) mass is 516 g/mol. The van der Waals surface area contributed by atoms with Crippen LogP contribution in [-0.2, 0) is 20.6 Å². The molecule has 0 radical (unpaired) electrons. The molecule has 34 heavy (non-hydrogen) atoms. The van der Waals surface area contributed by atoms with Crippen molar-refractivity contribution in [2.24, 2.45) is 5.92 Å². The van der Waals surface area contributed by atoms with Gasteiger partial charge in [-0.1, -0.05) is 47.5 Å². The Labute approximate surface area is 207 Å². The maximum atomic E-state index is 13.1. The van der Waals surface area contributed by atoms with Crippen molar-refractivity contribution in [3.63, 3.8) is 0 Å². The molecule has 1 aliphatic heterocycles. The molecule has 4 aromatic rings. The number of para-hydroxylation sites is 1. The Balaban J connectivity index is 1.30. The average Bonchev–Trinajstić information content (AvgIpc) is 3.19. The number of hydrogen-bond donors (Lipinski definition) is 1. The maximum absolute atomic E-state index is 13.1. The second-order valence-electron chi connectivity index (χ2n) is 8.45. The van der Waals surface area contributed by atoms with Crippen molar-refractivity contribution >= 4 is 66.8 Å². The minimum absolute atomic E-state index is 0.114. The summed E-state index contributed by atoms with van der Waals surface area (Å²) in [6, 6.07) is 18.2. The molecule has 6 nitrogen and oxygen atoms in total. The summed E-state index contributed by atoms with van der Waals surface area (Å²) in [5, 5.41) is 5.53. The number of rotatable bonds is 5. The van der Waals surface area contributed by atoms with Gasteiger partial charge in [-0.25, -0.2) is 12.7 Å². The van der Waals surface area contributed by atoms with Gasteiger partial charge < -0.3 is 9.73 Å². The van der Waals surface area contributed by atoms with Crippen LogP contribution in [0.25, 0.3) is 21.9 Å². The number of amides is 1. The van der Waals surface area contributed by atoms with Crippen molar-refractivity contribution in [1.82, 2.24) is 4.31 Å². The number of furan rings is 1. The second kappa shape index (κ2) is 9.23. The van der Waals surface area contributed by atoms with Crippen LogP contribution in [-0.4, -0.2) is 31.7 Å². The zero-order chi connectivity index (χ0) is 23.9. The van der Waals surface area contributed by atoms with Gasteiger partial charge in [-0.3, -0.25) is 4.79 Å². The van der Waals surface area contributed by atoms with Crippen molar-refractivity contribution in [2.75, 3.05) is 18.4 Å². The molecule has 5 rings (SSSR count). The summed E-state index contributed by atoms with van der Waals surface area (Å²) in [4.78, 5) is 13.0. The van der Waals surface area contributed by atoms with Crippen LogP contribution in [0.1, 0.15) is 18.4 Å². The highest BCUT2D eigenvalue weighted by Crippen LogP contribution is 2.32. The van der Waals surface area contributed by atoms with Gasteiger partial charge in [0.1, 0.15) is 11.2 Å². The third-order valence-corrected chi connectivity index (χ3v) is 8.66. The van der Waals surface area contributed by atoms with Gasteiger partial charge in [0, 0.05) is 51.2 Å². The van der Waals surface area contributed by atoms with Crippen molar-refractivity contribution in [3.8, 4) is 0 Å². The molecule has 1 N–H and O–H groups in total. The number of carbonyl (C=O) groups is 1. The number of anilines is 1. The molecule has 0 spiro atoms. The van der Waals surface area contributed by atoms with Gasteiger partial charge in [0.05, 0.1) is 11.7 Å². The molecule has 9 heteroatoms. The molecule has 0 aliphatic carbocycles. The van der Waals surface area contributed by atoms with Gasteiger partial charge in [-0.15, -0.1) is 0 Å². The normalized spacial score (nSPS) is 17.3. The second-order valence-corrected chi connectivity index (χ2v) is 11.2. The van der Waals surface area contributed by atoms with E-state index in [1.54, 1.807) is 24.3 Å². The SMILES string of the molecule is O=C(Nc1ccc2c(c1)oc1ccccc12)C1CCCN(S(=O)(=O)Cc2c(Cl)cccc2Cl)C1. The van der Waals surface area contributed by atoms with Crippen LogP contribution in [0.4, 0.5) is 5.69 Å². The number of benzene rings is 3. The van der Waals surface area contributed by atoms with E-state index in [4.69, 9.17) is 27.6 Å². The first kappa shape index (κ1) is 23.2. The summed E-state index contributed by atoms with van der Waals surface area (Å²) in [6.45, 7) is 0.474. The van der Waals surface area contributed by atoms with Crippen LogP contribution in [0, 0.1) is 5.92 Å². The van der Waals surface area contributed by atoms with Crippen LogP contribution >= 0.6 is 23.2 Å². The topological polar surface area (TPSA) is 79.6 Å². The Hall–Kier alpha value is -2.58. The van der Waals surface area contributed by atoms with Crippen LogP contribution in [0.2, 0.25) is 10.0 Å². The molecule has 1 aliphatic rings. The predicted octanol–water partition coefficient (Wildman–Crippen LogP) is 6.07. The maximum Gasteiger partial charge on any atom is 0.228 e. The number of nitrogens with one attached hydrogen (secondary N) is 1. The van der Waals surface area contributed by atoms with E-state index < -0.39 is 15.9 Å². The van der Waals surface area contributed by atoms with Crippen molar-refractivity contribution in [3.05, 3.63) is 76.3 Å². The predicted molar refractivity (Wildman–Crippen MR) is 136 cm³/mol. The van der Waals surface area contributed by atoms with Crippen molar-refractivity contribution < 1.29 is 17.6 Å². The number of sulfonamides is 1. The van der Waals surface area contributed by atoms with Crippen LogP contribution < -0.4 is 5.32 Å². The lowest BCUT2D eigenvalue weighted by molar-refractivity contribution is -0.120. The summed E-state index contributed by atoms with van der Waals surface area (Å²) >= 11 is 12.3. The molecule has 1 atom stereocenters. The number of halogens is 2. The first-order valence-corrected chi connectivity index (χ1v) is 13.3. The summed E-state index contributed by atoms with van der Waals surface area (Å²) < 4.78 is 33.4. The van der Waals surface area contributed by atoms with Gasteiger partial charge in [0.15, 0.2) is 0 Å². The smallest absolute Gasteiger partial charge is 0.228 e. The zero-order valence-corrected chi connectivity index (χ0v) is 20.5. The molecular weight excluding hydrogens is 495 g/mol. The fraction of sp³-hybridized carbons (Fsp3) is 0.240. The number of fused-ring (bicyclic) bond motifs is 3.